The second-order valence-corrected chi connectivity index (χ2v) is 6.35. The van der Waals surface area contributed by atoms with Gasteiger partial charge in [0.15, 0.2) is 11.5 Å². The van der Waals surface area contributed by atoms with Crippen LogP contribution in [0, 0.1) is 0 Å². The molecule has 0 atom stereocenters. The van der Waals surface area contributed by atoms with Gasteiger partial charge in [-0.25, -0.2) is 0 Å². The number of benzene rings is 1. The van der Waals surface area contributed by atoms with Crippen molar-refractivity contribution in [1.29, 1.82) is 0 Å². The van der Waals surface area contributed by atoms with E-state index in [-0.39, 0.29) is 24.6 Å². The zero-order chi connectivity index (χ0) is 17.9. The van der Waals surface area contributed by atoms with E-state index >= 15 is 0 Å². The van der Waals surface area contributed by atoms with E-state index in [0.29, 0.717) is 35.7 Å². The fourth-order valence-corrected chi connectivity index (χ4v) is 3.20. The number of nitrogens with one attached hydrogen (secondary N) is 1. The SMILES string of the molecule is O=C(NC1CCN(C(=O)c2ccc3c(c2)OCO3)CC1)c1cccnc1. The highest BCUT2D eigenvalue weighted by atomic mass is 16.7. The van der Waals surface area contributed by atoms with Crippen LogP contribution in [0.5, 0.6) is 11.5 Å². The van der Waals surface area contributed by atoms with E-state index in [0.717, 1.165) is 12.8 Å². The van der Waals surface area contributed by atoms with Crippen molar-refractivity contribution in [3.8, 4) is 11.5 Å². The Hall–Kier alpha value is -3.09. The molecular formula is C19H19N3O4. The molecule has 2 aliphatic heterocycles. The summed E-state index contributed by atoms with van der Waals surface area (Å²) in [7, 11) is 0. The number of hydrogen-bond donors (Lipinski definition) is 1. The van der Waals surface area contributed by atoms with E-state index < -0.39 is 0 Å². The number of hydrogen-bond acceptors (Lipinski definition) is 5. The molecule has 7 nitrogen and oxygen atoms in total. The Morgan fingerprint density at radius 2 is 1.88 bits per heavy atom. The summed E-state index contributed by atoms with van der Waals surface area (Å²) in [5.74, 6) is 1.12. The van der Waals surface area contributed by atoms with Gasteiger partial charge in [0.2, 0.25) is 6.79 Å². The zero-order valence-electron chi connectivity index (χ0n) is 14.2. The van der Waals surface area contributed by atoms with Crippen LogP contribution in [-0.4, -0.2) is 47.6 Å². The summed E-state index contributed by atoms with van der Waals surface area (Å²) < 4.78 is 10.6. The highest BCUT2D eigenvalue weighted by molar-refractivity contribution is 5.95. The van der Waals surface area contributed by atoms with Crippen molar-refractivity contribution in [2.24, 2.45) is 0 Å². The summed E-state index contributed by atoms with van der Waals surface area (Å²) in [6.45, 7) is 1.39. The normalized spacial score (nSPS) is 16.4. The van der Waals surface area contributed by atoms with Crippen molar-refractivity contribution < 1.29 is 19.1 Å². The van der Waals surface area contributed by atoms with E-state index in [9.17, 15) is 9.59 Å². The number of carbonyl (C=O) groups excluding carboxylic acids is 2. The van der Waals surface area contributed by atoms with E-state index in [1.165, 1.54) is 0 Å². The first-order valence-electron chi connectivity index (χ1n) is 8.60. The molecule has 134 valence electrons. The number of ether oxygens (including phenoxy) is 2. The lowest BCUT2D eigenvalue weighted by Gasteiger charge is -2.32. The Morgan fingerprint density at radius 1 is 1.08 bits per heavy atom. The summed E-state index contributed by atoms with van der Waals surface area (Å²) in [4.78, 5) is 30.7. The highest BCUT2D eigenvalue weighted by Crippen LogP contribution is 2.33. The molecule has 0 unspecified atom stereocenters. The van der Waals surface area contributed by atoms with Crippen molar-refractivity contribution in [2.75, 3.05) is 19.9 Å². The summed E-state index contributed by atoms with van der Waals surface area (Å²) in [5.41, 5.74) is 1.14. The van der Waals surface area contributed by atoms with Gasteiger partial charge in [-0.1, -0.05) is 0 Å². The molecule has 3 heterocycles. The first-order chi connectivity index (χ1) is 12.7. The molecule has 1 fully saturated rings. The van der Waals surface area contributed by atoms with Gasteiger partial charge in [-0.3, -0.25) is 14.6 Å². The quantitative estimate of drug-likeness (QED) is 0.911. The molecule has 0 bridgehead atoms. The minimum Gasteiger partial charge on any atom is -0.454 e. The zero-order valence-corrected chi connectivity index (χ0v) is 14.2. The predicted molar refractivity (Wildman–Crippen MR) is 93.2 cm³/mol. The van der Waals surface area contributed by atoms with Crippen molar-refractivity contribution >= 4 is 11.8 Å². The van der Waals surface area contributed by atoms with Gasteiger partial charge >= 0.3 is 0 Å². The number of pyridine rings is 1. The molecule has 2 aliphatic rings. The molecule has 26 heavy (non-hydrogen) atoms. The van der Waals surface area contributed by atoms with E-state index in [1.807, 2.05) is 4.90 Å². The number of likely N-dealkylation sites (tertiary alicyclic amines) is 1. The lowest BCUT2D eigenvalue weighted by atomic mass is 10.0. The smallest absolute Gasteiger partial charge is 0.253 e. The maximum atomic E-state index is 12.7. The number of aromatic nitrogens is 1. The Labute approximate surface area is 150 Å². The van der Waals surface area contributed by atoms with E-state index in [2.05, 4.69) is 10.3 Å². The topological polar surface area (TPSA) is 80.8 Å². The van der Waals surface area contributed by atoms with Gasteiger partial charge in [-0.15, -0.1) is 0 Å². The van der Waals surface area contributed by atoms with Crippen LogP contribution in [0.15, 0.2) is 42.7 Å². The Kier molecular flexibility index (Phi) is 4.43. The maximum absolute atomic E-state index is 12.7. The molecule has 1 aromatic heterocycles. The van der Waals surface area contributed by atoms with Crippen LogP contribution < -0.4 is 14.8 Å². The molecule has 0 aliphatic carbocycles. The van der Waals surface area contributed by atoms with Gasteiger partial charge in [0.1, 0.15) is 0 Å². The van der Waals surface area contributed by atoms with Crippen LogP contribution in [0.3, 0.4) is 0 Å². The lowest BCUT2D eigenvalue weighted by molar-refractivity contribution is 0.0697. The summed E-state index contributed by atoms with van der Waals surface area (Å²) in [5, 5.41) is 3.01. The van der Waals surface area contributed by atoms with Crippen LogP contribution >= 0.6 is 0 Å². The van der Waals surface area contributed by atoms with Gasteiger partial charge in [0.05, 0.1) is 5.56 Å². The first kappa shape index (κ1) is 16.4. The number of amides is 2. The molecule has 1 N–H and O–H groups in total. The van der Waals surface area contributed by atoms with Gasteiger partial charge in [-0.05, 0) is 43.2 Å². The standard InChI is InChI=1S/C19H19N3O4/c23-18(14-2-1-7-20-11-14)21-15-5-8-22(9-6-15)19(24)13-3-4-16-17(10-13)26-12-25-16/h1-4,7,10-11,15H,5-6,8-9,12H2,(H,21,23). The average Bonchev–Trinajstić information content (AvgIpc) is 3.16. The molecule has 2 aromatic rings. The largest absolute Gasteiger partial charge is 0.454 e. The van der Waals surface area contributed by atoms with Gasteiger partial charge < -0.3 is 19.7 Å². The van der Waals surface area contributed by atoms with Crippen LogP contribution in [0.4, 0.5) is 0 Å². The van der Waals surface area contributed by atoms with Crippen molar-refractivity contribution in [3.05, 3.63) is 53.9 Å². The van der Waals surface area contributed by atoms with Crippen molar-refractivity contribution in [1.82, 2.24) is 15.2 Å². The molecule has 0 saturated carbocycles. The molecule has 2 amide bonds. The molecule has 0 radical (unpaired) electrons. The third-order valence-electron chi connectivity index (χ3n) is 4.66. The van der Waals surface area contributed by atoms with Crippen molar-refractivity contribution in [3.63, 3.8) is 0 Å². The highest BCUT2D eigenvalue weighted by Gasteiger charge is 2.26. The molecule has 4 rings (SSSR count). The van der Waals surface area contributed by atoms with Crippen LogP contribution in [-0.2, 0) is 0 Å². The molecule has 1 aromatic carbocycles. The Morgan fingerprint density at radius 3 is 2.65 bits per heavy atom. The van der Waals surface area contributed by atoms with Gasteiger partial charge in [0, 0.05) is 37.1 Å². The minimum absolute atomic E-state index is 0.0275. The van der Waals surface area contributed by atoms with Crippen molar-refractivity contribution in [2.45, 2.75) is 18.9 Å². The average molecular weight is 353 g/mol. The summed E-state index contributed by atoms with van der Waals surface area (Å²) in [6.07, 6.45) is 4.63. The fourth-order valence-electron chi connectivity index (χ4n) is 3.20. The van der Waals surface area contributed by atoms with Gasteiger partial charge in [0.25, 0.3) is 11.8 Å². The summed E-state index contributed by atoms with van der Waals surface area (Å²) in [6, 6.07) is 8.77. The molecule has 1 saturated heterocycles. The maximum Gasteiger partial charge on any atom is 0.253 e. The lowest BCUT2D eigenvalue weighted by Crippen LogP contribution is -2.46. The Bertz CT molecular complexity index is 817. The number of piperidine rings is 1. The molecule has 0 spiro atoms. The second kappa shape index (κ2) is 7.03. The molecular weight excluding hydrogens is 334 g/mol. The number of fused-ring (bicyclic) bond motifs is 1. The fraction of sp³-hybridized carbons (Fsp3) is 0.316. The summed E-state index contributed by atoms with van der Waals surface area (Å²) >= 11 is 0. The third kappa shape index (κ3) is 3.33. The predicted octanol–water partition coefficient (Wildman–Crippen LogP) is 1.84. The van der Waals surface area contributed by atoms with Gasteiger partial charge in [-0.2, -0.15) is 0 Å². The number of rotatable bonds is 3. The third-order valence-corrected chi connectivity index (χ3v) is 4.66. The second-order valence-electron chi connectivity index (χ2n) is 6.35. The van der Waals surface area contributed by atoms with Crippen LogP contribution in [0.1, 0.15) is 33.6 Å². The van der Waals surface area contributed by atoms with Crippen LogP contribution in [0.25, 0.3) is 0 Å². The monoisotopic (exact) mass is 353 g/mol. The number of nitrogens with zero attached hydrogens (tertiary/aromatic N) is 2. The first-order valence-corrected chi connectivity index (χ1v) is 8.60. The van der Waals surface area contributed by atoms with E-state index in [4.69, 9.17) is 9.47 Å². The van der Waals surface area contributed by atoms with E-state index in [1.54, 1.807) is 42.7 Å². The number of carbonyl (C=O) groups is 2. The molecule has 7 heteroatoms. The van der Waals surface area contributed by atoms with Crippen LogP contribution in [0.2, 0.25) is 0 Å². The Balaban J connectivity index is 1.33. The minimum atomic E-state index is -0.126.